The summed E-state index contributed by atoms with van der Waals surface area (Å²) in [6.45, 7) is 3.44. The first-order valence-corrected chi connectivity index (χ1v) is 7.92. The molecule has 0 amide bonds. The van der Waals surface area contributed by atoms with Crippen molar-refractivity contribution >= 4 is 38.7 Å². The number of hydrogen-bond donors (Lipinski definition) is 0. The number of rotatable bonds is 5. The van der Waals surface area contributed by atoms with Gasteiger partial charge < -0.3 is 9.15 Å². The highest BCUT2D eigenvalue weighted by Gasteiger charge is 2.22. The van der Waals surface area contributed by atoms with E-state index in [1.165, 1.54) is 12.1 Å². The highest BCUT2D eigenvalue weighted by atomic mass is 79.9. The van der Waals surface area contributed by atoms with E-state index in [-0.39, 0.29) is 34.8 Å². The first-order valence-electron chi connectivity index (χ1n) is 7.12. The van der Waals surface area contributed by atoms with Crippen molar-refractivity contribution in [3.63, 3.8) is 0 Å². The molecule has 3 aromatic rings. The SMILES string of the molecule is C=CCOC(=O)c1cc([N+](=O)[O-])cc2nc(-c3ccc(Br)cc3)oc12. The van der Waals surface area contributed by atoms with Gasteiger partial charge in [-0.3, -0.25) is 10.1 Å². The molecule has 0 fully saturated rings. The summed E-state index contributed by atoms with van der Waals surface area (Å²) in [5.41, 5.74) is 0.693. The molecule has 0 unspecified atom stereocenters. The standard InChI is InChI=1S/C17H11BrN2O5/c1-2-7-24-17(21)13-8-12(20(22)23)9-14-15(13)25-16(19-14)10-3-5-11(18)6-4-10/h2-6,8-9H,1,7H2. The third-order valence-corrected chi connectivity index (χ3v) is 3.86. The number of hydrogen-bond acceptors (Lipinski definition) is 6. The molecule has 0 atom stereocenters. The lowest BCUT2D eigenvalue weighted by Gasteiger charge is -2.02. The summed E-state index contributed by atoms with van der Waals surface area (Å²) in [5.74, 6) is -0.493. The van der Waals surface area contributed by atoms with E-state index in [4.69, 9.17) is 9.15 Å². The van der Waals surface area contributed by atoms with Crippen LogP contribution in [0.3, 0.4) is 0 Å². The molecule has 0 saturated carbocycles. The molecule has 0 spiro atoms. The van der Waals surface area contributed by atoms with Crippen LogP contribution in [0.1, 0.15) is 10.4 Å². The third-order valence-electron chi connectivity index (χ3n) is 3.33. The number of fused-ring (bicyclic) bond motifs is 1. The van der Waals surface area contributed by atoms with E-state index < -0.39 is 10.9 Å². The normalized spacial score (nSPS) is 10.6. The summed E-state index contributed by atoms with van der Waals surface area (Å²) in [7, 11) is 0. The number of halogens is 1. The predicted molar refractivity (Wildman–Crippen MR) is 94.3 cm³/mol. The molecule has 25 heavy (non-hydrogen) atoms. The number of ether oxygens (including phenoxy) is 1. The topological polar surface area (TPSA) is 95.5 Å². The lowest BCUT2D eigenvalue weighted by molar-refractivity contribution is -0.384. The summed E-state index contributed by atoms with van der Waals surface area (Å²) in [5, 5.41) is 11.1. The Balaban J connectivity index is 2.15. The average Bonchev–Trinajstić information content (AvgIpc) is 3.03. The van der Waals surface area contributed by atoms with E-state index in [9.17, 15) is 14.9 Å². The Morgan fingerprint density at radius 3 is 2.72 bits per heavy atom. The highest BCUT2D eigenvalue weighted by Crippen LogP contribution is 2.31. The van der Waals surface area contributed by atoms with E-state index in [0.717, 1.165) is 10.5 Å². The Hall–Kier alpha value is -3.00. The van der Waals surface area contributed by atoms with Crippen molar-refractivity contribution < 1.29 is 18.9 Å². The van der Waals surface area contributed by atoms with Crippen LogP contribution >= 0.6 is 15.9 Å². The van der Waals surface area contributed by atoms with Crippen molar-refractivity contribution in [3.8, 4) is 11.5 Å². The minimum atomic E-state index is -0.743. The van der Waals surface area contributed by atoms with Crippen molar-refractivity contribution in [3.05, 3.63) is 69.2 Å². The van der Waals surface area contributed by atoms with Crippen LogP contribution in [0.2, 0.25) is 0 Å². The van der Waals surface area contributed by atoms with Gasteiger partial charge in [0, 0.05) is 22.2 Å². The first kappa shape index (κ1) is 16.8. The fourth-order valence-electron chi connectivity index (χ4n) is 2.20. The summed E-state index contributed by atoms with van der Waals surface area (Å²) < 4.78 is 11.5. The molecule has 0 N–H and O–H groups in total. The van der Waals surface area contributed by atoms with Crippen molar-refractivity contribution in [1.82, 2.24) is 4.98 Å². The predicted octanol–water partition coefficient (Wildman–Crippen LogP) is 4.51. The number of esters is 1. The smallest absolute Gasteiger partial charge is 0.342 e. The van der Waals surface area contributed by atoms with Crippen LogP contribution in [-0.2, 0) is 4.74 Å². The molecule has 0 aliphatic rings. The third kappa shape index (κ3) is 3.43. The zero-order valence-corrected chi connectivity index (χ0v) is 14.4. The van der Waals surface area contributed by atoms with Crippen LogP contribution in [-0.4, -0.2) is 22.5 Å². The molecular weight excluding hydrogens is 392 g/mol. The largest absolute Gasteiger partial charge is 0.458 e. The van der Waals surface area contributed by atoms with E-state index in [2.05, 4.69) is 27.5 Å². The van der Waals surface area contributed by atoms with Gasteiger partial charge in [0.05, 0.1) is 4.92 Å². The number of nitrogens with zero attached hydrogens (tertiary/aromatic N) is 2. The maximum absolute atomic E-state index is 12.2. The lowest BCUT2D eigenvalue weighted by Crippen LogP contribution is -2.06. The van der Waals surface area contributed by atoms with Gasteiger partial charge in [0.1, 0.15) is 17.7 Å². The maximum atomic E-state index is 12.2. The molecule has 126 valence electrons. The zero-order chi connectivity index (χ0) is 18.0. The van der Waals surface area contributed by atoms with Crippen molar-refractivity contribution in [2.75, 3.05) is 6.61 Å². The Bertz CT molecular complexity index is 979. The van der Waals surface area contributed by atoms with Crippen LogP contribution in [0, 0.1) is 10.1 Å². The number of aromatic nitrogens is 1. The quantitative estimate of drug-likeness (QED) is 0.269. The molecule has 3 rings (SSSR count). The Labute approximate surface area is 150 Å². The molecule has 0 radical (unpaired) electrons. The summed E-state index contributed by atoms with van der Waals surface area (Å²) in [6.07, 6.45) is 1.40. The van der Waals surface area contributed by atoms with Crippen LogP contribution in [0.25, 0.3) is 22.6 Å². The Morgan fingerprint density at radius 2 is 2.08 bits per heavy atom. The molecule has 0 aliphatic carbocycles. The lowest BCUT2D eigenvalue weighted by atomic mass is 10.1. The van der Waals surface area contributed by atoms with Crippen LogP contribution < -0.4 is 0 Å². The molecule has 8 heteroatoms. The number of non-ortho nitro benzene ring substituents is 1. The molecule has 0 saturated heterocycles. The van der Waals surface area contributed by atoms with Crippen LogP contribution in [0.15, 0.2) is 57.9 Å². The van der Waals surface area contributed by atoms with E-state index in [1.807, 2.05) is 12.1 Å². The summed E-state index contributed by atoms with van der Waals surface area (Å²) in [6, 6.07) is 9.55. The van der Waals surface area contributed by atoms with Crippen LogP contribution in [0.5, 0.6) is 0 Å². The fraction of sp³-hybridized carbons (Fsp3) is 0.0588. The number of benzene rings is 2. The number of nitro groups is 1. The van der Waals surface area contributed by atoms with Gasteiger partial charge >= 0.3 is 5.97 Å². The molecule has 1 heterocycles. The summed E-state index contributed by atoms with van der Waals surface area (Å²) >= 11 is 3.34. The van der Waals surface area contributed by atoms with Gasteiger partial charge in [0.2, 0.25) is 5.89 Å². The Kier molecular flexibility index (Phi) is 4.62. The van der Waals surface area contributed by atoms with Gasteiger partial charge in [-0.1, -0.05) is 28.6 Å². The van der Waals surface area contributed by atoms with Crippen molar-refractivity contribution in [2.45, 2.75) is 0 Å². The van der Waals surface area contributed by atoms with E-state index in [0.29, 0.717) is 5.56 Å². The van der Waals surface area contributed by atoms with Crippen molar-refractivity contribution in [1.29, 1.82) is 0 Å². The summed E-state index contributed by atoms with van der Waals surface area (Å²) in [4.78, 5) is 27.0. The van der Waals surface area contributed by atoms with Gasteiger partial charge in [-0.25, -0.2) is 9.78 Å². The monoisotopic (exact) mass is 402 g/mol. The minimum Gasteiger partial charge on any atom is -0.458 e. The van der Waals surface area contributed by atoms with Gasteiger partial charge in [0.15, 0.2) is 5.58 Å². The van der Waals surface area contributed by atoms with Gasteiger partial charge in [-0.05, 0) is 24.3 Å². The second-order valence-electron chi connectivity index (χ2n) is 5.01. The first-order chi connectivity index (χ1) is 12.0. The second-order valence-corrected chi connectivity index (χ2v) is 5.93. The average molecular weight is 403 g/mol. The number of nitro benzene ring substituents is 1. The van der Waals surface area contributed by atoms with Gasteiger partial charge in [-0.15, -0.1) is 0 Å². The number of carbonyl (C=O) groups excluding carboxylic acids is 1. The molecule has 2 aromatic carbocycles. The number of carbonyl (C=O) groups is 1. The van der Waals surface area contributed by atoms with Crippen molar-refractivity contribution in [2.24, 2.45) is 0 Å². The van der Waals surface area contributed by atoms with Crippen LogP contribution in [0.4, 0.5) is 5.69 Å². The Morgan fingerprint density at radius 1 is 1.36 bits per heavy atom. The van der Waals surface area contributed by atoms with Gasteiger partial charge in [0.25, 0.3) is 5.69 Å². The fourth-order valence-corrected chi connectivity index (χ4v) is 2.47. The van der Waals surface area contributed by atoms with E-state index >= 15 is 0 Å². The van der Waals surface area contributed by atoms with Gasteiger partial charge in [-0.2, -0.15) is 0 Å². The molecule has 7 nitrogen and oxygen atoms in total. The molecule has 0 aliphatic heterocycles. The minimum absolute atomic E-state index is 0.0171. The maximum Gasteiger partial charge on any atom is 0.342 e. The molecule has 1 aromatic heterocycles. The highest BCUT2D eigenvalue weighted by molar-refractivity contribution is 9.10. The second kappa shape index (κ2) is 6.86. The number of oxazole rings is 1. The molecule has 0 bridgehead atoms. The molecular formula is C17H11BrN2O5. The van der Waals surface area contributed by atoms with E-state index in [1.54, 1.807) is 12.1 Å². The zero-order valence-electron chi connectivity index (χ0n) is 12.8.